The maximum Gasteiger partial charge on any atom is 0.338 e. The molecule has 0 bridgehead atoms. The van der Waals surface area contributed by atoms with E-state index in [1.807, 2.05) is 0 Å². The van der Waals surface area contributed by atoms with Gasteiger partial charge >= 0.3 is 5.97 Å². The zero-order valence-electron chi connectivity index (χ0n) is 16.7. The van der Waals surface area contributed by atoms with Gasteiger partial charge in [0.1, 0.15) is 36.8 Å². The number of hydrogen-bond acceptors (Lipinski definition) is 12. The van der Waals surface area contributed by atoms with Gasteiger partial charge in [-0.1, -0.05) is 0 Å². The fourth-order valence-electron chi connectivity index (χ4n) is 2.99. The van der Waals surface area contributed by atoms with Gasteiger partial charge in [0.25, 0.3) is 0 Å². The van der Waals surface area contributed by atoms with Crippen molar-refractivity contribution in [3.63, 3.8) is 0 Å². The summed E-state index contributed by atoms with van der Waals surface area (Å²) < 4.78 is 21.0. The van der Waals surface area contributed by atoms with Gasteiger partial charge < -0.3 is 54.7 Å². The van der Waals surface area contributed by atoms with Gasteiger partial charge in [0.05, 0.1) is 12.7 Å². The van der Waals surface area contributed by atoms with Crippen molar-refractivity contribution >= 4 is 5.97 Å². The Bertz CT molecular complexity index is 954. The lowest BCUT2D eigenvalue weighted by molar-refractivity contribution is -0.277. The van der Waals surface area contributed by atoms with Crippen LogP contribution in [0.5, 0.6) is 34.5 Å². The van der Waals surface area contributed by atoms with Gasteiger partial charge in [-0.2, -0.15) is 0 Å². The molecule has 0 aliphatic carbocycles. The average molecular weight is 454 g/mol. The molecule has 3 rings (SSSR count). The highest BCUT2D eigenvalue weighted by Crippen LogP contribution is 2.36. The first-order valence-corrected chi connectivity index (χ1v) is 9.27. The van der Waals surface area contributed by atoms with Gasteiger partial charge in [0.2, 0.25) is 6.29 Å². The minimum atomic E-state index is -1.72. The molecule has 12 heteroatoms. The first-order valence-electron chi connectivity index (χ1n) is 9.27. The molecular weight excluding hydrogens is 432 g/mol. The molecule has 0 radical (unpaired) electrons. The van der Waals surface area contributed by atoms with Gasteiger partial charge in [-0.25, -0.2) is 4.79 Å². The third kappa shape index (κ3) is 4.73. The molecule has 174 valence electrons. The average Bonchev–Trinajstić information content (AvgIpc) is 2.77. The summed E-state index contributed by atoms with van der Waals surface area (Å²) in [6.45, 7) is -0.598. The lowest BCUT2D eigenvalue weighted by Gasteiger charge is -2.40. The van der Waals surface area contributed by atoms with E-state index in [9.17, 15) is 40.5 Å². The Morgan fingerprint density at radius 1 is 0.938 bits per heavy atom. The lowest BCUT2D eigenvalue weighted by Crippen LogP contribution is -2.60. The van der Waals surface area contributed by atoms with E-state index in [-0.39, 0.29) is 22.8 Å². The summed E-state index contributed by atoms with van der Waals surface area (Å²) in [6, 6.07) is 5.59. The zero-order valence-corrected chi connectivity index (χ0v) is 16.7. The van der Waals surface area contributed by atoms with Crippen LogP contribution in [-0.4, -0.2) is 86.1 Å². The van der Waals surface area contributed by atoms with Crippen molar-refractivity contribution in [2.24, 2.45) is 0 Å². The number of aliphatic hydroxyl groups excluding tert-OH is 3. The Labute approximate surface area is 181 Å². The first-order chi connectivity index (χ1) is 15.1. The number of aliphatic hydroxyl groups is 3. The van der Waals surface area contributed by atoms with E-state index >= 15 is 0 Å². The maximum absolute atomic E-state index is 12.2. The molecule has 2 aromatic rings. The molecule has 2 aromatic carbocycles. The highest BCUT2D eigenvalue weighted by atomic mass is 16.7. The van der Waals surface area contributed by atoms with Crippen LogP contribution in [0.3, 0.4) is 0 Å². The quantitative estimate of drug-likeness (QED) is 0.220. The summed E-state index contributed by atoms with van der Waals surface area (Å²) in [7, 11) is 1.32. The first kappa shape index (κ1) is 23.2. The Kier molecular flexibility index (Phi) is 6.79. The molecule has 1 saturated heterocycles. The van der Waals surface area contributed by atoms with Crippen molar-refractivity contribution in [2.45, 2.75) is 30.7 Å². The predicted molar refractivity (Wildman–Crippen MR) is 104 cm³/mol. The predicted octanol–water partition coefficient (Wildman–Crippen LogP) is -0.439. The van der Waals surface area contributed by atoms with E-state index < -0.39 is 60.5 Å². The third-order valence-electron chi connectivity index (χ3n) is 4.74. The molecular formula is C20H22O12. The molecule has 1 heterocycles. The number of phenols is 4. The second kappa shape index (κ2) is 9.36. The summed E-state index contributed by atoms with van der Waals surface area (Å²) in [5.74, 6) is -3.29. The standard InChI is InChI=1S/C20H22O12/c1-29-13-6-9(21)2-3-12(13)31-20-18(27)17(26)16(25)14(32-20)7-30-19(28)8-4-10(22)15(24)11(23)5-8/h2-6,14,16-18,20-27H,7H2,1H3. The number of hydrogen-bond donors (Lipinski definition) is 7. The minimum Gasteiger partial charge on any atom is -0.508 e. The molecule has 0 saturated carbocycles. The van der Waals surface area contributed by atoms with Crippen LogP contribution in [0, 0.1) is 0 Å². The molecule has 7 N–H and O–H groups in total. The molecule has 1 aliphatic heterocycles. The maximum atomic E-state index is 12.2. The van der Waals surface area contributed by atoms with Crippen molar-refractivity contribution in [1.82, 2.24) is 0 Å². The number of rotatable bonds is 6. The molecule has 0 aromatic heterocycles. The number of aromatic hydroxyl groups is 4. The lowest BCUT2D eigenvalue weighted by atomic mass is 9.99. The number of carbonyl (C=O) groups excluding carboxylic acids is 1. The summed E-state index contributed by atoms with van der Waals surface area (Å²) in [5.41, 5.74) is -0.301. The summed E-state index contributed by atoms with van der Waals surface area (Å²) in [4.78, 5) is 12.2. The fourth-order valence-corrected chi connectivity index (χ4v) is 2.99. The van der Waals surface area contributed by atoms with Crippen LogP contribution in [-0.2, 0) is 9.47 Å². The molecule has 5 atom stereocenters. The number of ether oxygens (including phenoxy) is 4. The monoisotopic (exact) mass is 454 g/mol. The highest BCUT2D eigenvalue weighted by Gasteiger charge is 2.45. The molecule has 5 unspecified atom stereocenters. The Balaban J connectivity index is 1.71. The largest absolute Gasteiger partial charge is 0.508 e. The molecule has 1 aliphatic rings. The van der Waals surface area contributed by atoms with Crippen LogP contribution < -0.4 is 9.47 Å². The van der Waals surface area contributed by atoms with Crippen molar-refractivity contribution in [3.05, 3.63) is 35.9 Å². The molecule has 12 nitrogen and oxygen atoms in total. The second-order valence-corrected chi connectivity index (χ2v) is 6.93. The van der Waals surface area contributed by atoms with Gasteiger partial charge in [0, 0.05) is 6.07 Å². The van der Waals surface area contributed by atoms with Crippen LogP contribution in [0.4, 0.5) is 0 Å². The second-order valence-electron chi connectivity index (χ2n) is 6.93. The van der Waals surface area contributed by atoms with Crippen molar-refractivity contribution in [1.29, 1.82) is 0 Å². The van der Waals surface area contributed by atoms with Crippen LogP contribution in [0.15, 0.2) is 30.3 Å². The van der Waals surface area contributed by atoms with Crippen molar-refractivity contribution in [2.75, 3.05) is 13.7 Å². The molecule has 1 fully saturated rings. The topological polar surface area (TPSA) is 196 Å². The third-order valence-corrected chi connectivity index (χ3v) is 4.74. The Hall–Kier alpha value is -3.45. The van der Waals surface area contributed by atoms with E-state index in [1.54, 1.807) is 0 Å². The van der Waals surface area contributed by atoms with E-state index in [1.165, 1.54) is 25.3 Å². The number of carbonyl (C=O) groups is 1. The van der Waals surface area contributed by atoms with E-state index in [4.69, 9.17) is 18.9 Å². The van der Waals surface area contributed by atoms with Gasteiger partial charge in [0.15, 0.2) is 28.7 Å². The van der Waals surface area contributed by atoms with Crippen LogP contribution in [0.25, 0.3) is 0 Å². The Morgan fingerprint density at radius 2 is 1.59 bits per heavy atom. The zero-order chi connectivity index (χ0) is 23.6. The van der Waals surface area contributed by atoms with Gasteiger partial charge in [-0.05, 0) is 24.3 Å². The van der Waals surface area contributed by atoms with E-state index in [0.717, 1.165) is 12.1 Å². The summed E-state index contributed by atoms with van der Waals surface area (Å²) in [6.07, 6.45) is -7.88. The number of benzene rings is 2. The summed E-state index contributed by atoms with van der Waals surface area (Å²) in [5, 5.41) is 68.4. The summed E-state index contributed by atoms with van der Waals surface area (Å²) >= 11 is 0. The SMILES string of the molecule is COc1cc(O)ccc1OC1OC(COC(=O)c2cc(O)c(O)c(O)c2)C(O)C(O)C1O. The highest BCUT2D eigenvalue weighted by molar-refractivity contribution is 5.91. The minimum absolute atomic E-state index is 0.0590. The molecule has 0 spiro atoms. The molecule has 0 amide bonds. The number of phenolic OH excluding ortho intramolecular Hbond substituents is 4. The van der Waals surface area contributed by atoms with Crippen LogP contribution >= 0.6 is 0 Å². The van der Waals surface area contributed by atoms with Crippen LogP contribution in [0.2, 0.25) is 0 Å². The van der Waals surface area contributed by atoms with E-state index in [0.29, 0.717) is 0 Å². The van der Waals surface area contributed by atoms with Crippen molar-refractivity contribution < 1.29 is 59.5 Å². The van der Waals surface area contributed by atoms with Gasteiger partial charge in [-0.3, -0.25) is 0 Å². The molecule has 32 heavy (non-hydrogen) atoms. The Morgan fingerprint density at radius 3 is 2.22 bits per heavy atom. The smallest absolute Gasteiger partial charge is 0.338 e. The van der Waals surface area contributed by atoms with Crippen molar-refractivity contribution in [3.8, 4) is 34.5 Å². The fraction of sp³-hybridized carbons (Fsp3) is 0.350. The van der Waals surface area contributed by atoms with E-state index in [2.05, 4.69) is 0 Å². The number of methoxy groups -OCH3 is 1. The van der Waals surface area contributed by atoms with Gasteiger partial charge in [-0.15, -0.1) is 0 Å². The normalized spacial score (nSPS) is 25.2. The number of esters is 1. The van der Waals surface area contributed by atoms with Crippen LogP contribution in [0.1, 0.15) is 10.4 Å².